The van der Waals surface area contributed by atoms with E-state index in [-0.39, 0.29) is 0 Å². The highest BCUT2D eigenvalue weighted by Gasteiger charge is 2.12. The van der Waals surface area contributed by atoms with E-state index in [0.29, 0.717) is 39.6 Å². The molecular formula is C14H17Cl2N5. The minimum atomic E-state index is 0.579. The van der Waals surface area contributed by atoms with Gasteiger partial charge >= 0.3 is 0 Å². The molecule has 4 N–H and O–H groups in total. The molecule has 0 saturated heterocycles. The van der Waals surface area contributed by atoms with Gasteiger partial charge in [0.15, 0.2) is 0 Å². The van der Waals surface area contributed by atoms with Gasteiger partial charge in [0.05, 0.1) is 10.7 Å². The van der Waals surface area contributed by atoms with Crippen LogP contribution in [-0.4, -0.2) is 9.97 Å². The third-order valence-corrected chi connectivity index (χ3v) is 3.87. The Kier molecular flexibility index (Phi) is 4.88. The highest BCUT2D eigenvalue weighted by Crippen LogP contribution is 2.32. The van der Waals surface area contributed by atoms with Gasteiger partial charge in [-0.2, -0.15) is 0 Å². The largest absolute Gasteiger partial charge is 0.339 e. The van der Waals surface area contributed by atoms with E-state index in [9.17, 15) is 0 Å². The molecule has 0 amide bonds. The van der Waals surface area contributed by atoms with E-state index in [1.807, 2.05) is 26.8 Å². The number of nitrogens with one attached hydrogen (secondary N) is 2. The predicted molar refractivity (Wildman–Crippen MR) is 88.4 cm³/mol. The minimum absolute atomic E-state index is 0.579. The second-order valence-corrected chi connectivity index (χ2v) is 5.48. The van der Waals surface area contributed by atoms with Crippen molar-refractivity contribution in [3.05, 3.63) is 39.1 Å². The number of hydrogen-bond donors (Lipinski definition) is 3. The summed E-state index contributed by atoms with van der Waals surface area (Å²) in [5.41, 5.74) is 5.00. The van der Waals surface area contributed by atoms with E-state index in [4.69, 9.17) is 29.0 Å². The molecule has 0 fully saturated rings. The molecule has 1 aromatic heterocycles. The van der Waals surface area contributed by atoms with Crippen LogP contribution in [0.2, 0.25) is 10.0 Å². The van der Waals surface area contributed by atoms with E-state index >= 15 is 0 Å². The van der Waals surface area contributed by atoms with Crippen molar-refractivity contribution in [2.24, 2.45) is 5.84 Å². The highest BCUT2D eigenvalue weighted by molar-refractivity contribution is 6.35. The number of aromatic nitrogens is 2. The maximum absolute atomic E-state index is 6.25. The van der Waals surface area contributed by atoms with E-state index in [2.05, 4.69) is 20.7 Å². The maximum atomic E-state index is 6.25. The molecule has 112 valence electrons. The van der Waals surface area contributed by atoms with Gasteiger partial charge in [-0.05, 0) is 31.5 Å². The third-order valence-electron chi connectivity index (χ3n) is 3.15. The zero-order valence-corrected chi connectivity index (χ0v) is 13.6. The van der Waals surface area contributed by atoms with Gasteiger partial charge in [-0.25, -0.2) is 15.8 Å². The number of aryl methyl sites for hydroxylation is 2. The molecule has 2 rings (SSSR count). The molecule has 5 nitrogen and oxygen atoms in total. The van der Waals surface area contributed by atoms with Crippen LogP contribution in [0, 0.1) is 13.8 Å². The van der Waals surface area contributed by atoms with Crippen molar-refractivity contribution in [3.8, 4) is 0 Å². The molecule has 0 radical (unpaired) electrons. The molecule has 0 aliphatic heterocycles. The van der Waals surface area contributed by atoms with Crippen molar-refractivity contribution in [2.75, 3.05) is 10.7 Å². The lowest BCUT2D eigenvalue weighted by atomic mass is 10.2. The molecule has 7 heteroatoms. The van der Waals surface area contributed by atoms with Gasteiger partial charge in [-0.1, -0.05) is 30.1 Å². The van der Waals surface area contributed by atoms with Crippen molar-refractivity contribution < 1.29 is 0 Å². The second kappa shape index (κ2) is 6.47. The summed E-state index contributed by atoms with van der Waals surface area (Å²) in [6.07, 6.45) is 0.700. The molecule has 21 heavy (non-hydrogen) atoms. The van der Waals surface area contributed by atoms with E-state index in [0.717, 1.165) is 11.1 Å². The molecule has 0 unspecified atom stereocenters. The Morgan fingerprint density at radius 1 is 1.10 bits per heavy atom. The van der Waals surface area contributed by atoms with Crippen LogP contribution >= 0.6 is 23.2 Å². The van der Waals surface area contributed by atoms with Gasteiger partial charge < -0.3 is 10.7 Å². The fourth-order valence-corrected chi connectivity index (χ4v) is 2.28. The van der Waals surface area contributed by atoms with Crippen LogP contribution in [-0.2, 0) is 6.42 Å². The normalized spacial score (nSPS) is 10.6. The molecule has 0 aliphatic carbocycles. The van der Waals surface area contributed by atoms with Gasteiger partial charge in [0.2, 0.25) is 0 Å². The highest BCUT2D eigenvalue weighted by atomic mass is 35.5. The number of rotatable bonds is 4. The SMILES string of the molecule is CCc1nc(NN)c(C)c(Nc2cc(Cl)c(C)cc2Cl)n1. The Hall–Kier alpha value is -1.56. The number of nitrogens with two attached hydrogens (primary N) is 1. The first-order valence-electron chi connectivity index (χ1n) is 6.53. The van der Waals surface area contributed by atoms with Crippen molar-refractivity contribution in [2.45, 2.75) is 27.2 Å². The Labute approximate surface area is 133 Å². The molecule has 1 aromatic carbocycles. The summed E-state index contributed by atoms with van der Waals surface area (Å²) in [5.74, 6) is 7.41. The predicted octanol–water partition coefficient (Wildman–Crippen LogP) is 3.99. The number of hydrazine groups is 1. The zero-order valence-electron chi connectivity index (χ0n) is 12.1. The summed E-state index contributed by atoms with van der Waals surface area (Å²) in [6.45, 7) is 5.75. The lowest BCUT2D eigenvalue weighted by Gasteiger charge is -2.14. The van der Waals surface area contributed by atoms with Gasteiger partial charge in [-0.3, -0.25) is 0 Å². The Bertz CT molecular complexity index is 673. The van der Waals surface area contributed by atoms with Crippen molar-refractivity contribution in [3.63, 3.8) is 0 Å². The number of anilines is 3. The lowest BCUT2D eigenvalue weighted by molar-refractivity contribution is 0.932. The first kappa shape index (κ1) is 15.8. The summed E-state index contributed by atoms with van der Waals surface area (Å²) in [7, 11) is 0. The van der Waals surface area contributed by atoms with Gasteiger partial charge in [0, 0.05) is 17.0 Å². The first-order valence-corrected chi connectivity index (χ1v) is 7.28. The smallest absolute Gasteiger partial charge is 0.148 e. The Morgan fingerprint density at radius 3 is 2.38 bits per heavy atom. The van der Waals surface area contributed by atoms with Crippen LogP contribution in [0.5, 0.6) is 0 Å². The zero-order chi connectivity index (χ0) is 15.6. The molecule has 0 aliphatic rings. The molecule has 0 atom stereocenters. The molecule has 0 spiro atoms. The van der Waals surface area contributed by atoms with Gasteiger partial charge in [0.25, 0.3) is 0 Å². The van der Waals surface area contributed by atoms with Gasteiger partial charge in [-0.15, -0.1) is 0 Å². The fraction of sp³-hybridized carbons (Fsp3) is 0.286. The molecule has 1 heterocycles. The average Bonchev–Trinajstić information content (AvgIpc) is 2.46. The summed E-state index contributed by atoms with van der Waals surface area (Å²) in [6, 6.07) is 3.59. The third kappa shape index (κ3) is 3.37. The molecule has 0 saturated carbocycles. The van der Waals surface area contributed by atoms with E-state index in [1.54, 1.807) is 6.07 Å². The summed E-state index contributed by atoms with van der Waals surface area (Å²) in [4.78, 5) is 8.79. The molecule has 0 bridgehead atoms. The standard InChI is InChI=1S/C14H17Cl2N5/c1-4-12-19-13(8(3)14(20-12)21-17)18-11-6-9(15)7(2)5-10(11)16/h5-6H,4,17H2,1-3H3,(H2,18,19,20,21). The summed E-state index contributed by atoms with van der Waals surface area (Å²) >= 11 is 12.4. The van der Waals surface area contributed by atoms with Crippen molar-refractivity contribution in [1.82, 2.24) is 9.97 Å². The number of nitrogens with zero attached hydrogens (tertiary/aromatic N) is 2. The number of nitrogen functional groups attached to an aromatic ring is 1. The minimum Gasteiger partial charge on any atom is -0.339 e. The first-order chi connectivity index (χ1) is 9.96. The van der Waals surface area contributed by atoms with Crippen LogP contribution < -0.4 is 16.6 Å². The van der Waals surface area contributed by atoms with Crippen molar-refractivity contribution in [1.29, 1.82) is 0 Å². The summed E-state index contributed by atoms with van der Waals surface area (Å²) < 4.78 is 0. The number of benzene rings is 1. The second-order valence-electron chi connectivity index (χ2n) is 4.67. The molecular weight excluding hydrogens is 309 g/mol. The van der Waals surface area contributed by atoms with Crippen LogP contribution in [0.4, 0.5) is 17.3 Å². The van der Waals surface area contributed by atoms with Crippen LogP contribution in [0.3, 0.4) is 0 Å². The number of hydrogen-bond acceptors (Lipinski definition) is 5. The fourth-order valence-electron chi connectivity index (χ4n) is 1.85. The Balaban J connectivity index is 2.46. The van der Waals surface area contributed by atoms with Gasteiger partial charge in [0.1, 0.15) is 17.5 Å². The van der Waals surface area contributed by atoms with Crippen LogP contribution in [0.1, 0.15) is 23.9 Å². The van der Waals surface area contributed by atoms with Crippen LogP contribution in [0.15, 0.2) is 12.1 Å². The average molecular weight is 326 g/mol. The van der Waals surface area contributed by atoms with E-state index in [1.165, 1.54) is 0 Å². The van der Waals surface area contributed by atoms with E-state index < -0.39 is 0 Å². The monoisotopic (exact) mass is 325 g/mol. The van der Waals surface area contributed by atoms with Crippen molar-refractivity contribution >= 4 is 40.5 Å². The van der Waals surface area contributed by atoms with Crippen LogP contribution in [0.25, 0.3) is 0 Å². The maximum Gasteiger partial charge on any atom is 0.148 e. The Morgan fingerprint density at radius 2 is 1.76 bits per heavy atom. The topological polar surface area (TPSA) is 75.9 Å². The number of halogens is 2. The molecule has 2 aromatic rings. The summed E-state index contributed by atoms with van der Waals surface area (Å²) in [5, 5.41) is 4.41. The quantitative estimate of drug-likeness (QED) is 0.585. The lowest BCUT2D eigenvalue weighted by Crippen LogP contribution is -2.14.